The molecule has 0 fully saturated rings. The van der Waals surface area contributed by atoms with Crippen LogP contribution in [0.15, 0.2) is 23.4 Å². The number of nitrogens with zero attached hydrogens (tertiary/aromatic N) is 4. The molecular weight excluding hydrogens is 352 g/mol. The van der Waals surface area contributed by atoms with Crippen LogP contribution >= 0.6 is 11.3 Å². The molecule has 1 amide bonds. The van der Waals surface area contributed by atoms with Gasteiger partial charge in [0, 0.05) is 37.3 Å². The third kappa shape index (κ3) is 2.60. The summed E-state index contributed by atoms with van der Waals surface area (Å²) in [6, 6.07) is 0. The highest BCUT2D eigenvalue weighted by Gasteiger charge is 2.15. The van der Waals surface area contributed by atoms with Crippen molar-refractivity contribution in [2.24, 2.45) is 7.05 Å². The number of aryl methyl sites for hydroxylation is 3. The van der Waals surface area contributed by atoms with Gasteiger partial charge in [0.1, 0.15) is 21.9 Å². The molecular formula is C17H18N6O2S. The molecule has 0 aliphatic carbocycles. The first-order chi connectivity index (χ1) is 12.5. The number of carbonyl (C=O) groups is 1. The number of rotatable bonds is 4. The summed E-state index contributed by atoms with van der Waals surface area (Å²) in [4.78, 5) is 33.9. The van der Waals surface area contributed by atoms with Crippen molar-refractivity contribution in [1.82, 2.24) is 29.5 Å². The van der Waals surface area contributed by atoms with Crippen molar-refractivity contribution in [3.05, 3.63) is 50.8 Å². The highest BCUT2D eigenvalue weighted by atomic mass is 32.1. The Balaban J connectivity index is 1.49. The molecule has 0 aliphatic heterocycles. The summed E-state index contributed by atoms with van der Waals surface area (Å²) in [6.45, 7) is 4.29. The van der Waals surface area contributed by atoms with Gasteiger partial charge in [-0.1, -0.05) is 0 Å². The summed E-state index contributed by atoms with van der Waals surface area (Å²) in [6.07, 6.45) is 5.63. The van der Waals surface area contributed by atoms with Crippen LogP contribution in [0.3, 0.4) is 0 Å². The molecule has 4 aromatic rings. The van der Waals surface area contributed by atoms with E-state index in [1.807, 2.05) is 31.7 Å². The van der Waals surface area contributed by atoms with Gasteiger partial charge in [-0.3, -0.25) is 9.59 Å². The second kappa shape index (κ2) is 6.10. The minimum atomic E-state index is -0.201. The van der Waals surface area contributed by atoms with Crippen LogP contribution in [0, 0.1) is 13.8 Å². The van der Waals surface area contributed by atoms with E-state index in [4.69, 9.17) is 0 Å². The second-order valence-corrected chi connectivity index (χ2v) is 7.42. The van der Waals surface area contributed by atoms with Crippen molar-refractivity contribution in [3.8, 4) is 0 Å². The van der Waals surface area contributed by atoms with Gasteiger partial charge in [-0.15, -0.1) is 11.3 Å². The topological polar surface area (TPSA) is 97.1 Å². The van der Waals surface area contributed by atoms with E-state index in [1.54, 1.807) is 16.9 Å². The molecule has 0 saturated heterocycles. The molecule has 0 saturated carbocycles. The van der Waals surface area contributed by atoms with Gasteiger partial charge in [-0.2, -0.15) is 5.10 Å². The molecule has 9 heteroatoms. The van der Waals surface area contributed by atoms with E-state index in [0.29, 0.717) is 29.7 Å². The zero-order valence-corrected chi connectivity index (χ0v) is 15.5. The number of H-pyrrole nitrogens is 1. The summed E-state index contributed by atoms with van der Waals surface area (Å²) in [5, 5.41) is 7.68. The van der Waals surface area contributed by atoms with Gasteiger partial charge >= 0.3 is 0 Å². The average molecular weight is 370 g/mol. The lowest BCUT2D eigenvalue weighted by atomic mass is 10.2. The van der Waals surface area contributed by atoms with E-state index in [9.17, 15) is 9.59 Å². The first kappa shape index (κ1) is 16.5. The van der Waals surface area contributed by atoms with Crippen LogP contribution in [0.5, 0.6) is 0 Å². The maximum Gasteiger partial charge on any atom is 0.259 e. The largest absolute Gasteiger partial charge is 0.351 e. The smallest absolute Gasteiger partial charge is 0.259 e. The Morgan fingerprint density at radius 2 is 2.15 bits per heavy atom. The molecule has 0 bridgehead atoms. The molecule has 4 rings (SSSR count). The van der Waals surface area contributed by atoms with E-state index in [-0.39, 0.29) is 11.5 Å². The maximum atomic E-state index is 12.4. The summed E-state index contributed by atoms with van der Waals surface area (Å²) >= 11 is 1.52. The Hall–Kier alpha value is -2.94. The number of thiophene rings is 1. The van der Waals surface area contributed by atoms with Crippen LogP contribution in [0.4, 0.5) is 0 Å². The van der Waals surface area contributed by atoms with Gasteiger partial charge in [-0.05, 0) is 19.4 Å². The third-order valence-electron chi connectivity index (χ3n) is 4.51. The minimum Gasteiger partial charge on any atom is -0.351 e. The van der Waals surface area contributed by atoms with Gasteiger partial charge in [0.25, 0.3) is 11.5 Å². The SMILES string of the molecule is Cc1sc2nc(CCNC(=O)c3cnn4ccn(C)c34)[nH]c(=O)c2c1C. The van der Waals surface area contributed by atoms with Gasteiger partial charge in [0.05, 0.1) is 11.6 Å². The van der Waals surface area contributed by atoms with Crippen molar-refractivity contribution in [3.63, 3.8) is 0 Å². The third-order valence-corrected chi connectivity index (χ3v) is 5.62. The lowest BCUT2D eigenvalue weighted by Crippen LogP contribution is -2.27. The second-order valence-electron chi connectivity index (χ2n) is 6.22. The number of carbonyl (C=O) groups excluding carboxylic acids is 1. The first-order valence-corrected chi connectivity index (χ1v) is 9.03. The quantitative estimate of drug-likeness (QED) is 0.570. The highest BCUT2D eigenvalue weighted by molar-refractivity contribution is 7.18. The van der Waals surface area contributed by atoms with Gasteiger partial charge in [0.2, 0.25) is 0 Å². The number of amides is 1. The number of aromatic amines is 1. The van der Waals surface area contributed by atoms with Crippen LogP contribution < -0.4 is 10.9 Å². The van der Waals surface area contributed by atoms with Gasteiger partial charge in [0.15, 0.2) is 0 Å². The summed E-state index contributed by atoms with van der Waals surface area (Å²) in [5.74, 6) is 0.371. The molecule has 4 aromatic heterocycles. The fraction of sp³-hybridized carbons (Fsp3) is 0.294. The molecule has 0 atom stereocenters. The zero-order chi connectivity index (χ0) is 18.4. The standard InChI is InChI=1S/C17H18N6O2S/c1-9-10(2)26-16-13(9)15(25)20-12(21-16)4-5-18-14(24)11-8-19-23-7-6-22(3)17(11)23/h6-8H,4-5H2,1-3H3,(H,18,24)(H,20,21,25). The molecule has 0 radical (unpaired) electrons. The molecule has 0 aromatic carbocycles. The number of hydrogen-bond acceptors (Lipinski definition) is 5. The molecule has 8 nitrogen and oxygen atoms in total. The van der Waals surface area contributed by atoms with E-state index in [2.05, 4.69) is 20.4 Å². The van der Waals surface area contributed by atoms with Crippen molar-refractivity contribution in [2.45, 2.75) is 20.3 Å². The monoisotopic (exact) mass is 370 g/mol. The maximum absolute atomic E-state index is 12.4. The predicted octanol–water partition coefficient (Wildman–Crippen LogP) is 1.56. The molecule has 134 valence electrons. The zero-order valence-electron chi connectivity index (χ0n) is 14.7. The van der Waals surface area contributed by atoms with Crippen LogP contribution in [0.1, 0.15) is 26.6 Å². The summed E-state index contributed by atoms with van der Waals surface area (Å²) < 4.78 is 3.50. The van der Waals surface area contributed by atoms with E-state index in [0.717, 1.165) is 20.9 Å². The van der Waals surface area contributed by atoms with Crippen LogP contribution in [-0.4, -0.2) is 36.6 Å². The first-order valence-electron chi connectivity index (χ1n) is 8.21. The Morgan fingerprint density at radius 1 is 1.35 bits per heavy atom. The van der Waals surface area contributed by atoms with Crippen molar-refractivity contribution >= 4 is 33.1 Å². The molecule has 26 heavy (non-hydrogen) atoms. The number of aromatic nitrogens is 5. The number of nitrogens with one attached hydrogen (secondary N) is 2. The average Bonchev–Trinajstić information content (AvgIpc) is 3.24. The van der Waals surface area contributed by atoms with Gasteiger partial charge in [-0.25, -0.2) is 9.50 Å². The number of fused-ring (bicyclic) bond motifs is 2. The minimum absolute atomic E-state index is 0.125. The van der Waals surface area contributed by atoms with Crippen LogP contribution in [0.25, 0.3) is 15.9 Å². The van der Waals surface area contributed by atoms with Crippen LogP contribution in [0.2, 0.25) is 0 Å². The van der Waals surface area contributed by atoms with Crippen molar-refractivity contribution < 1.29 is 4.79 Å². The molecule has 0 unspecified atom stereocenters. The molecule has 0 spiro atoms. The van der Waals surface area contributed by atoms with Crippen molar-refractivity contribution in [1.29, 1.82) is 0 Å². The number of imidazole rings is 1. The lowest BCUT2D eigenvalue weighted by Gasteiger charge is -2.04. The van der Waals surface area contributed by atoms with Crippen molar-refractivity contribution in [2.75, 3.05) is 6.54 Å². The van der Waals surface area contributed by atoms with E-state index < -0.39 is 0 Å². The molecule has 4 heterocycles. The van der Waals surface area contributed by atoms with Gasteiger partial charge < -0.3 is 14.9 Å². The van der Waals surface area contributed by atoms with Crippen LogP contribution in [-0.2, 0) is 13.5 Å². The summed E-state index contributed by atoms with van der Waals surface area (Å²) in [7, 11) is 1.86. The van der Waals surface area contributed by atoms with E-state index in [1.165, 1.54) is 11.3 Å². The fourth-order valence-corrected chi connectivity index (χ4v) is 4.07. The number of hydrogen-bond donors (Lipinski definition) is 2. The summed E-state index contributed by atoms with van der Waals surface area (Å²) in [5.41, 5.74) is 2.10. The Bertz CT molecular complexity index is 1200. The fourth-order valence-electron chi connectivity index (χ4n) is 3.02. The Kier molecular flexibility index (Phi) is 3.87. The lowest BCUT2D eigenvalue weighted by molar-refractivity contribution is 0.0955. The molecule has 2 N–H and O–H groups in total. The highest BCUT2D eigenvalue weighted by Crippen LogP contribution is 2.25. The normalized spacial score (nSPS) is 11.5. The Morgan fingerprint density at radius 3 is 2.96 bits per heavy atom. The predicted molar refractivity (Wildman–Crippen MR) is 99.9 cm³/mol. The van der Waals surface area contributed by atoms with E-state index >= 15 is 0 Å². The molecule has 0 aliphatic rings. The Labute approximate surface area is 152 Å².